The highest BCUT2D eigenvalue weighted by Crippen LogP contribution is 2.18. The lowest BCUT2D eigenvalue weighted by Gasteiger charge is -2.02. The number of fused-ring (bicyclic) bond motifs is 1. The van der Waals surface area contributed by atoms with Crippen molar-refractivity contribution in [2.24, 2.45) is 0 Å². The van der Waals surface area contributed by atoms with Crippen LogP contribution in [0.25, 0.3) is 22.3 Å². The van der Waals surface area contributed by atoms with E-state index in [1.54, 1.807) is 18.2 Å². The van der Waals surface area contributed by atoms with Gasteiger partial charge < -0.3 is 9.72 Å². The number of benzene rings is 2. The number of hydrogen-bond donors (Lipinski definition) is 1. The molecule has 8 heteroatoms. The van der Waals surface area contributed by atoms with Crippen LogP contribution < -0.4 is 10.3 Å². The highest BCUT2D eigenvalue weighted by atomic mass is 16.5. The average Bonchev–Trinajstić information content (AvgIpc) is 3.11. The monoisotopic (exact) mass is 348 g/mol. The number of aromatic amines is 1. The number of nitrogens with zero attached hydrogens (tertiary/aromatic N) is 5. The van der Waals surface area contributed by atoms with Crippen molar-refractivity contribution in [3.63, 3.8) is 0 Å². The van der Waals surface area contributed by atoms with Gasteiger partial charge in [0.25, 0.3) is 5.56 Å². The summed E-state index contributed by atoms with van der Waals surface area (Å²) in [6.45, 7) is 2.78. The van der Waals surface area contributed by atoms with Gasteiger partial charge in [-0.15, -0.1) is 10.2 Å². The molecule has 130 valence electrons. The molecule has 0 amide bonds. The molecule has 0 saturated heterocycles. The summed E-state index contributed by atoms with van der Waals surface area (Å²) in [5, 5.41) is 13.0. The maximum atomic E-state index is 12.1. The molecule has 2 aromatic carbocycles. The predicted octanol–water partition coefficient (Wildman–Crippen LogP) is 2.02. The fourth-order valence-electron chi connectivity index (χ4n) is 2.64. The van der Waals surface area contributed by atoms with Gasteiger partial charge in [0.2, 0.25) is 5.82 Å². The topological polar surface area (TPSA) is 98.6 Å². The van der Waals surface area contributed by atoms with E-state index in [1.165, 1.54) is 4.80 Å². The van der Waals surface area contributed by atoms with Gasteiger partial charge in [0.1, 0.15) is 18.1 Å². The second-order valence-electron chi connectivity index (χ2n) is 5.63. The SMILES string of the molecule is CCOc1ccc(-c2nnn(Cc3nc4ccccc4c(=O)[nH]3)n2)cc1. The molecule has 8 nitrogen and oxygen atoms in total. The van der Waals surface area contributed by atoms with Crippen LogP contribution in [0.1, 0.15) is 12.7 Å². The van der Waals surface area contributed by atoms with Crippen molar-refractivity contribution in [3.8, 4) is 17.1 Å². The summed E-state index contributed by atoms with van der Waals surface area (Å²) >= 11 is 0. The van der Waals surface area contributed by atoms with Crippen molar-refractivity contribution in [2.75, 3.05) is 6.61 Å². The maximum absolute atomic E-state index is 12.1. The largest absolute Gasteiger partial charge is 0.494 e. The van der Waals surface area contributed by atoms with E-state index in [2.05, 4.69) is 25.4 Å². The molecule has 0 radical (unpaired) electrons. The maximum Gasteiger partial charge on any atom is 0.258 e. The summed E-state index contributed by atoms with van der Waals surface area (Å²) in [6.07, 6.45) is 0. The van der Waals surface area contributed by atoms with Crippen LogP contribution in [0.2, 0.25) is 0 Å². The summed E-state index contributed by atoms with van der Waals surface area (Å²) in [5.41, 5.74) is 1.29. The van der Waals surface area contributed by atoms with Crippen molar-refractivity contribution in [1.29, 1.82) is 0 Å². The summed E-state index contributed by atoms with van der Waals surface area (Å²) in [5.74, 6) is 1.77. The van der Waals surface area contributed by atoms with Gasteiger partial charge in [-0.1, -0.05) is 12.1 Å². The molecule has 0 atom stereocenters. The van der Waals surface area contributed by atoms with Crippen molar-refractivity contribution in [3.05, 3.63) is 64.7 Å². The van der Waals surface area contributed by atoms with E-state index in [9.17, 15) is 4.79 Å². The minimum absolute atomic E-state index is 0.183. The molecule has 0 fully saturated rings. The first-order valence-corrected chi connectivity index (χ1v) is 8.22. The summed E-state index contributed by atoms with van der Waals surface area (Å²) in [4.78, 5) is 20.7. The Labute approximate surface area is 148 Å². The Hall–Kier alpha value is -3.55. The van der Waals surface area contributed by atoms with E-state index < -0.39 is 0 Å². The minimum Gasteiger partial charge on any atom is -0.494 e. The Balaban J connectivity index is 1.58. The molecule has 0 unspecified atom stereocenters. The zero-order valence-corrected chi connectivity index (χ0v) is 14.1. The first-order valence-electron chi connectivity index (χ1n) is 8.22. The number of aromatic nitrogens is 6. The van der Waals surface area contributed by atoms with Crippen LogP contribution in [0.15, 0.2) is 53.3 Å². The standard InChI is InChI=1S/C18H16N6O2/c1-2-26-13-9-7-12(8-10-13)17-21-23-24(22-17)11-16-19-15-6-4-3-5-14(15)18(25)20-16/h3-10H,2,11H2,1H3,(H,19,20,25). The van der Waals surface area contributed by atoms with Gasteiger partial charge in [-0.2, -0.15) is 4.80 Å². The van der Waals surface area contributed by atoms with Crippen molar-refractivity contribution < 1.29 is 4.74 Å². The molecular weight excluding hydrogens is 332 g/mol. The van der Waals surface area contributed by atoms with Crippen LogP contribution in [-0.2, 0) is 6.54 Å². The molecule has 0 bridgehead atoms. The number of H-pyrrole nitrogens is 1. The molecule has 0 aliphatic carbocycles. The molecule has 4 aromatic rings. The first-order chi connectivity index (χ1) is 12.7. The van der Waals surface area contributed by atoms with E-state index in [0.717, 1.165) is 11.3 Å². The van der Waals surface area contributed by atoms with Gasteiger partial charge in [0.05, 0.1) is 17.5 Å². The lowest BCUT2D eigenvalue weighted by Crippen LogP contribution is -2.15. The van der Waals surface area contributed by atoms with Gasteiger partial charge in [-0.3, -0.25) is 4.79 Å². The van der Waals surface area contributed by atoms with Gasteiger partial charge >= 0.3 is 0 Å². The Morgan fingerprint density at radius 2 is 1.92 bits per heavy atom. The molecule has 2 heterocycles. The molecule has 0 saturated carbocycles. The Kier molecular flexibility index (Phi) is 4.14. The fraction of sp³-hybridized carbons (Fsp3) is 0.167. The number of nitrogens with one attached hydrogen (secondary N) is 1. The highest BCUT2D eigenvalue weighted by Gasteiger charge is 2.09. The summed E-state index contributed by atoms with van der Waals surface area (Å²) in [7, 11) is 0. The first kappa shape index (κ1) is 15.9. The van der Waals surface area contributed by atoms with Crippen LogP contribution in [-0.4, -0.2) is 36.8 Å². The molecular formula is C18H16N6O2. The average molecular weight is 348 g/mol. The number of tetrazole rings is 1. The van der Waals surface area contributed by atoms with E-state index in [4.69, 9.17) is 4.74 Å². The second-order valence-corrected chi connectivity index (χ2v) is 5.63. The van der Waals surface area contributed by atoms with E-state index in [-0.39, 0.29) is 12.1 Å². The van der Waals surface area contributed by atoms with Crippen molar-refractivity contribution >= 4 is 10.9 Å². The normalized spacial score (nSPS) is 11.0. The van der Waals surface area contributed by atoms with Crippen LogP contribution in [0, 0.1) is 0 Å². The molecule has 4 rings (SSSR count). The summed E-state index contributed by atoms with van der Waals surface area (Å²) in [6, 6.07) is 14.7. The van der Waals surface area contributed by atoms with E-state index in [1.807, 2.05) is 37.3 Å². The quantitative estimate of drug-likeness (QED) is 0.592. The van der Waals surface area contributed by atoms with Gasteiger partial charge in [0, 0.05) is 5.56 Å². The predicted molar refractivity (Wildman–Crippen MR) is 95.9 cm³/mol. The van der Waals surface area contributed by atoms with Crippen LogP contribution in [0.3, 0.4) is 0 Å². The van der Waals surface area contributed by atoms with Crippen LogP contribution in [0.5, 0.6) is 5.75 Å². The molecule has 2 aromatic heterocycles. The van der Waals surface area contributed by atoms with Crippen LogP contribution in [0.4, 0.5) is 0 Å². The zero-order chi connectivity index (χ0) is 17.9. The fourth-order valence-corrected chi connectivity index (χ4v) is 2.64. The Bertz CT molecular complexity index is 1100. The lowest BCUT2D eigenvalue weighted by molar-refractivity contribution is 0.340. The molecule has 1 N–H and O–H groups in total. The van der Waals surface area contributed by atoms with Gasteiger partial charge in [-0.05, 0) is 48.5 Å². The summed E-state index contributed by atoms with van der Waals surface area (Å²) < 4.78 is 5.42. The third-order valence-electron chi connectivity index (χ3n) is 3.83. The smallest absolute Gasteiger partial charge is 0.258 e. The third kappa shape index (κ3) is 3.16. The Morgan fingerprint density at radius 1 is 1.12 bits per heavy atom. The molecule has 0 spiro atoms. The van der Waals surface area contributed by atoms with Gasteiger partial charge in [-0.25, -0.2) is 4.98 Å². The molecule has 26 heavy (non-hydrogen) atoms. The van der Waals surface area contributed by atoms with Crippen molar-refractivity contribution in [1.82, 2.24) is 30.2 Å². The van der Waals surface area contributed by atoms with Crippen LogP contribution >= 0.6 is 0 Å². The number of hydrogen-bond acceptors (Lipinski definition) is 6. The number of rotatable bonds is 5. The number of para-hydroxylation sites is 1. The second kappa shape index (κ2) is 6.75. The van der Waals surface area contributed by atoms with E-state index in [0.29, 0.717) is 29.2 Å². The molecule has 0 aliphatic heterocycles. The van der Waals surface area contributed by atoms with Crippen molar-refractivity contribution in [2.45, 2.75) is 13.5 Å². The third-order valence-corrected chi connectivity index (χ3v) is 3.83. The lowest BCUT2D eigenvalue weighted by atomic mass is 10.2. The van der Waals surface area contributed by atoms with E-state index >= 15 is 0 Å². The zero-order valence-electron chi connectivity index (χ0n) is 14.1. The van der Waals surface area contributed by atoms with Gasteiger partial charge in [0.15, 0.2) is 0 Å². The number of ether oxygens (including phenoxy) is 1. The molecule has 0 aliphatic rings. The highest BCUT2D eigenvalue weighted by molar-refractivity contribution is 5.77. The minimum atomic E-state index is -0.183. The Morgan fingerprint density at radius 3 is 2.73 bits per heavy atom.